The Morgan fingerprint density at radius 3 is 1.67 bits per heavy atom. The zero-order valence-corrected chi connectivity index (χ0v) is 7.07. The van der Waals surface area contributed by atoms with Crippen molar-refractivity contribution >= 4 is 39.1 Å². The van der Waals surface area contributed by atoms with Gasteiger partial charge in [0.15, 0.2) is 0 Å². The van der Waals surface area contributed by atoms with Gasteiger partial charge in [0.2, 0.25) is 3.78 Å². The van der Waals surface area contributed by atoms with Gasteiger partial charge in [0.05, 0.1) is 5.88 Å². The van der Waals surface area contributed by atoms with Crippen LogP contribution in [0.3, 0.4) is 0 Å². The number of alkyl halides is 6. The average molecular weight is 246 g/mol. The highest BCUT2D eigenvalue weighted by Gasteiger charge is 2.51. The van der Waals surface area contributed by atoms with E-state index in [2.05, 4.69) is 15.9 Å². The maximum atomic E-state index is 11.6. The molecule has 0 amide bonds. The predicted molar refractivity (Wildman–Crippen MR) is 34.3 cm³/mol. The third-order valence-electron chi connectivity index (χ3n) is 0.583. The first-order chi connectivity index (χ1) is 3.81. The molecule has 0 bridgehead atoms. The molecule has 56 valence electrons. The van der Waals surface area contributed by atoms with Crippen molar-refractivity contribution in [3.05, 3.63) is 0 Å². The van der Waals surface area contributed by atoms with Gasteiger partial charge in [0.1, 0.15) is 0 Å². The van der Waals surface area contributed by atoms with Gasteiger partial charge in [-0.25, -0.2) is 0 Å². The van der Waals surface area contributed by atoms with E-state index in [0.29, 0.717) is 0 Å². The van der Waals surface area contributed by atoms with Crippen molar-refractivity contribution in [1.82, 2.24) is 0 Å². The summed E-state index contributed by atoms with van der Waals surface area (Å²) in [5, 5.41) is 0. The van der Waals surface area contributed by atoms with Crippen molar-refractivity contribution < 1.29 is 13.2 Å². The van der Waals surface area contributed by atoms with E-state index < -0.39 is 15.8 Å². The molecular weight excluding hydrogens is 244 g/mol. The van der Waals surface area contributed by atoms with Crippen molar-refractivity contribution in [3.8, 4) is 0 Å². The second-order valence-corrected chi connectivity index (χ2v) is 4.06. The summed E-state index contributed by atoms with van der Waals surface area (Å²) in [4.78, 5) is 0. The molecule has 1 unspecified atom stereocenters. The van der Waals surface area contributed by atoms with E-state index in [1.807, 2.05) is 0 Å². The van der Waals surface area contributed by atoms with Gasteiger partial charge >= 0.3 is 6.18 Å². The zero-order valence-electron chi connectivity index (χ0n) is 3.97. The lowest BCUT2D eigenvalue weighted by atomic mass is 10.5. The van der Waals surface area contributed by atoms with Gasteiger partial charge in [-0.1, -0.05) is 27.5 Å². The molecule has 0 rings (SSSR count). The maximum Gasteiger partial charge on any atom is 0.418 e. The lowest BCUT2D eigenvalue weighted by Crippen LogP contribution is -2.34. The highest BCUT2D eigenvalue weighted by atomic mass is 79.9. The summed E-state index contributed by atoms with van der Waals surface area (Å²) >= 11 is 11.9. The van der Waals surface area contributed by atoms with Crippen LogP contribution in [0.25, 0.3) is 0 Å². The van der Waals surface area contributed by atoms with Crippen LogP contribution in [0.1, 0.15) is 0 Å². The number of halogens is 6. The van der Waals surface area contributed by atoms with Crippen LogP contribution >= 0.6 is 39.1 Å². The SMILES string of the molecule is FC(F)(F)C(Cl)(Br)CCl. The zero-order chi connectivity index (χ0) is 7.71. The Morgan fingerprint density at radius 1 is 1.33 bits per heavy atom. The summed E-state index contributed by atoms with van der Waals surface area (Å²) in [5.74, 6) is -0.710. The second-order valence-electron chi connectivity index (χ2n) is 1.34. The minimum Gasteiger partial charge on any atom is -0.168 e. The molecule has 0 fully saturated rings. The second kappa shape index (κ2) is 2.84. The Hall–Kier alpha value is 0.850. The van der Waals surface area contributed by atoms with Crippen molar-refractivity contribution in [3.63, 3.8) is 0 Å². The molecule has 0 heterocycles. The van der Waals surface area contributed by atoms with Crippen LogP contribution < -0.4 is 0 Å². The van der Waals surface area contributed by atoms with Gasteiger partial charge in [-0.05, 0) is 0 Å². The van der Waals surface area contributed by atoms with Crippen LogP contribution in [0, 0.1) is 0 Å². The van der Waals surface area contributed by atoms with Crippen LogP contribution in [-0.4, -0.2) is 15.8 Å². The first kappa shape index (κ1) is 9.85. The Morgan fingerprint density at radius 2 is 1.67 bits per heavy atom. The molecule has 0 aromatic heterocycles. The minimum atomic E-state index is -4.50. The molecule has 9 heavy (non-hydrogen) atoms. The summed E-state index contributed by atoms with van der Waals surface area (Å²) in [5.41, 5.74) is 0. The van der Waals surface area contributed by atoms with Gasteiger partial charge in [-0.3, -0.25) is 0 Å². The molecule has 0 aliphatic rings. The summed E-state index contributed by atoms with van der Waals surface area (Å²) < 4.78 is 32.2. The molecule has 0 saturated carbocycles. The normalized spacial score (nSPS) is 19.3. The summed E-state index contributed by atoms with van der Waals surface area (Å²) in [6.07, 6.45) is -4.50. The lowest BCUT2D eigenvalue weighted by molar-refractivity contribution is -0.133. The van der Waals surface area contributed by atoms with Crippen molar-refractivity contribution in [2.75, 3.05) is 5.88 Å². The molecule has 0 N–H and O–H groups in total. The Kier molecular flexibility index (Phi) is 3.11. The molecule has 0 aliphatic heterocycles. The molecule has 0 aromatic rings. The molecule has 0 saturated heterocycles. The summed E-state index contributed by atoms with van der Waals surface area (Å²) in [6.45, 7) is 0. The number of hydrogen-bond acceptors (Lipinski definition) is 0. The van der Waals surface area contributed by atoms with E-state index in [1.165, 1.54) is 0 Å². The van der Waals surface area contributed by atoms with Gasteiger partial charge in [0.25, 0.3) is 0 Å². The Balaban J connectivity index is 4.14. The molecule has 1 atom stereocenters. The van der Waals surface area contributed by atoms with E-state index in [-0.39, 0.29) is 0 Å². The fourth-order valence-electron chi connectivity index (χ4n) is 0.0758. The van der Waals surface area contributed by atoms with Crippen LogP contribution in [0.15, 0.2) is 0 Å². The van der Waals surface area contributed by atoms with Crippen molar-refractivity contribution in [2.45, 2.75) is 9.96 Å². The van der Waals surface area contributed by atoms with Gasteiger partial charge < -0.3 is 0 Å². The topological polar surface area (TPSA) is 0 Å². The Labute approximate surface area is 68.4 Å². The van der Waals surface area contributed by atoms with Crippen LogP contribution in [0.4, 0.5) is 13.2 Å². The van der Waals surface area contributed by atoms with E-state index in [9.17, 15) is 13.2 Å². The van der Waals surface area contributed by atoms with E-state index >= 15 is 0 Å². The quantitative estimate of drug-likeness (QED) is 0.623. The van der Waals surface area contributed by atoms with E-state index in [0.717, 1.165) is 0 Å². The largest absolute Gasteiger partial charge is 0.418 e. The Bertz CT molecular complexity index is 99.7. The third-order valence-corrected chi connectivity index (χ3v) is 2.52. The highest BCUT2D eigenvalue weighted by Crippen LogP contribution is 2.41. The maximum absolute atomic E-state index is 11.6. The fourth-order valence-corrected chi connectivity index (χ4v) is 0.227. The van der Waals surface area contributed by atoms with Crippen LogP contribution in [-0.2, 0) is 0 Å². The smallest absolute Gasteiger partial charge is 0.168 e. The molecular formula is C3H2BrCl2F3. The standard InChI is InChI=1S/C3H2BrCl2F3/c4-2(6,1-5)3(7,8)9/h1H2. The number of hydrogen-bond donors (Lipinski definition) is 0. The molecule has 0 aromatic carbocycles. The monoisotopic (exact) mass is 244 g/mol. The number of rotatable bonds is 1. The molecule has 0 spiro atoms. The molecule has 6 heteroatoms. The van der Waals surface area contributed by atoms with Gasteiger partial charge in [0, 0.05) is 0 Å². The lowest BCUT2D eigenvalue weighted by Gasteiger charge is -2.19. The molecule has 0 radical (unpaired) electrons. The van der Waals surface area contributed by atoms with Crippen LogP contribution in [0.5, 0.6) is 0 Å². The predicted octanol–water partition coefficient (Wildman–Crippen LogP) is 3.12. The third kappa shape index (κ3) is 2.51. The molecule has 0 nitrogen and oxygen atoms in total. The van der Waals surface area contributed by atoms with E-state index in [1.54, 1.807) is 0 Å². The fraction of sp³-hybridized carbons (Fsp3) is 1.00. The first-order valence-electron chi connectivity index (χ1n) is 1.82. The summed E-state index contributed by atoms with van der Waals surface area (Å²) in [7, 11) is 0. The van der Waals surface area contributed by atoms with Gasteiger partial charge in [-0.15, -0.1) is 11.6 Å². The van der Waals surface area contributed by atoms with Gasteiger partial charge in [-0.2, -0.15) is 13.2 Å². The summed E-state index contributed by atoms with van der Waals surface area (Å²) in [6, 6.07) is 0. The van der Waals surface area contributed by atoms with Crippen molar-refractivity contribution in [2.24, 2.45) is 0 Å². The minimum absolute atomic E-state index is 0.710. The molecule has 0 aliphatic carbocycles. The van der Waals surface area contributed by atoms with Crippen molar-refractivity contribution in [1.29, 1.82) is 0 Å². The average Bonchev–Trinajstić information content (AvgIpc) is 1.64. The highest BCUT2D eigenvalue weighted by molar-refractivity contribution is 9.10. The van der Waals surface area contributed by atoms with E-state index in [4.69, 9.17) is 23.2 Å². The first-order valence-corrected chi connectivity index (χ1v) is 3.52. The van der Waals surface area contributed by atoms with Crippen LogP contribution in [0.2, 0.25) is 0 Å².